The second kappa shape index (κ2) is 16.5. The predicted molar refractivity (Wildman–Crippen MR) is 150 cm³/mol. The van der Waals surface area contributed by atoms with Crippen LogP contribution < -0.4 is 9.47 Å². The Morgan fingerprint density at radius 2 is 1.31 bits per heavy atom. The van der Waals surface area contributed by atoms with E-state index < -0.39 is 0 Å². The second-order valence-corrected chi connectivity index (χ2v) is 10.7. The first-order chi connectivity index (χ1) is 17.7. The van der Waals surface area contributed by atoms with Gasteiger partial charge in [-0.2, -0.15) is 0 Å². The summed E-state index contributed by atoms with van der Waals surface area (Å²) in [5.41, 5.74) is 1.85. The zero-order valence-corrected chi connectivity index (χ0v) is 22.8. The number of esters is 1. The van der Waals surface area contributed by atoms with Gasteiger partial charge in [0.25, 0.3) is 0 Å². The number of benzene rings is 2. The molecule has 36 heavy (non-hydrogen) atoms. The standard InChI is InChI=1S/C33H48O3/c1-3-5-6-7-8-9-12-28-18-22-32(23-19-28)36-33(34)30-20-24-31(25-21-30)35-26-10-13-29-16-14-27(11-4-2)15-17-29/h18-25,27,29H,3-17,26H2,1-2H3/t27-,29-. The van der Waals surface area contributed by atoms with Crippen molar-refractivity contribution in [1.82, 2.24) is 0 Å². The molecule has 0 amide bonds. The number of hydrogen-bond acceptors (Lipinski definition) is 3. The van der Waals surface area contributed by atoms with E-state index in [4.69, 9.17) is 9.47 Å². The number of unbranched alkanes of at least 4 members (excludes halogenated alkanes) is 5. The average Bonchev–Trinajstić information content (AvgIpc) is 2.91. The van der Waals surface area contributed by atoms with Crippen molar-refractivity contribution in [3.63, 3.8) is 0 Å². The molecule has 3 rings (SSSR count). The van der Waals surface area contributed by atoms with Crippen LogP contribution in [0.3, 0.4) is 0 Å². The molecule has 0 bridgehead atoms. The van der Waals surface area contributed by atoms with Gasteiger partial charge in [-0.25, -0.2) is 4.79 Å². The SMILES string of the molecule is CCCCCCCCc1ccc(OC(=O)c2ccc(OCCC[C@H]3CC[C@H](CCC)CC3)cc2)cc1. The highest BCUT2D eigenvalue weighted by Crippen LogP contribution is 2.33. The van der Waals surface area contributed by atoms with Gasteiger partial charge < -0.3 is 9.47 Å². The average molecular weight is 493 g/mol. The molecule has 0 unspecified atom stereocenters. The molecule has 0 aliphatic heterocycles. The molecule has 0 spiro atoms. The summed E-state index contributed by atoms with van der Waals surface area (Å²) in [6, 6.07) is 15.3. The molecule has 2 aromatic rings. The highest BCUT2D eigenvalue weighted by molar-refractivity contribution is 5.91. The molecule has 2 aromatic carbocycles. The van der Waals surface area contributed by atoms with Crippen molar-refractivity contribution in [1.29, 1.82) is 0 Å². The van der Waals surface area contributed by atoms with E-state index in [0.29, 0.717) is 11.3 Å². The van der Waals surface area contributed by atoms with Crippen LogP contribution >= 0.6 is 0 Å². The van der Waals surface area contributed by atoms with Crippen molar-refractivity contribution >= 4 is 5.97 Å². The van der Waals surface area contributed by atoms with E-state index in [-0.39, 0.29) is 5.97 Å². The summed E-state index contributed by atoms with van der Waals surface area (Å²) in [6.45, 7) is 5.29. The normalized spacial score (nSPS) is 17.6. The Hall–Kier alpha value is -2.29. The maximum absolute atomic E-state index is 12.5. The van der Waals surface area contributed by atoms with Crippen LogP contribution in [0.15, 0.2) is 48.5 Å². The van der Waals surface area contributed by atoms with Crippen LogP contribution in [0.1, 0.15) is 120 Å². The van der Waals surface area contributed by atoms with E-state index in [9.17, 15) is 4.79 Å². The molecule has 1 saturated carbocycles. The lowest BCUT2D eigenvalue weighted by Crippen LogP contribution is -2.15. The fourth-order valence-electron chi connectivity index (χ4n) is 5.47. The van der Waals surface area contributed by atoms with Gasteiger partial charge in [0.15, 0.2) is 0 Å². The van der Waals surface area contributed by atoms with Crippen molar-refractivity contribution in [2.24, 2.45) is 11.8 Å². The van der Waals surface area contributed by atoms with Crippen LogP contribution in [0.2, 0.25) is 0 Å². The highest BCUT2D eigenvalue weighted by atomic mass is 16.5. The van der Waals surface area contributed by atoms with Gasteiger partial charge in [0.05, 0.1) is 12.2 Å². The van der Waals surface area contributed by atoms with Gasteiger partial charge in [-0.3, -0.25) is 0 Å². The molecule has 1 aliphatic rings. The molecule has 3 heteroatoms. The molecular weight excluding hydrogens is 444 g/mol. The minimum absolute atomic E-state index is 0.330. The first-order valence-electron chi connectivity index (χ1n) is 14.7. The summed E-state index contributed by atoms with van der Waals surface area (Å²) in [5.74, 6) is 2.93. The summed E-state index contributed by atoms with van der Waals surface area (Å²) in [4.78, 5) is 12.5. The summed E-state index contributed by atoms with van der Waals surface area (Å²) in [7, 11) is 0. The van der Waals surface area contributed by atoms with Crippen LogP contribution in [0.25, 0.3) is 0 Å². The van der Waals surface area contributed by atoms with Crippen molar-refractivity contribution in [3.05, 3.63) is 59.7 Å². The number of carbonyl (C=O) groups is 1. The summed E-state index contributed by atoms with van der Waals surface area (Å²) in [5, 5.41) is 0. The number of ether oxygens (including phenoxy) is 2. The van der Waals surface area contributed by atoms with Gasteiger partial charge in [-0.1, -0.05) is 96.6 Å². The lowest BCUT2D eigenvalue weighted by Gasteiger charge is -2.28. The van der Waals surface area contributed by atoms with Crippen LogP contribution in [0, 0.1) is 11.8 Å². The van der Waals surface area contributed by atoms with Gasteiger partial charge in [0.2, 0.25) is 0 Å². The number of rotatable bonds is 16. The zero-order chi connectivity index (χ0) is 25.4. The molecule has 0 atom stereocenters. The predicted octanol–water partition coefficient (Wildman–Crippen LogP) is 9.57. The zero-order valence-electron chi connectivity index (χ0n) is 22.8. The third kappa shape index (κ3) is 10.4. The Morgan fingerprint density at radius 1 is 0.694 bits per heavy atom. The quantitative estimate of drug-likeness (QED) is 0.133. The minimum Gasteiger partial charge on any atom is -0.494 e. The molecular formula is C33H48O3. The van der Waals surface area contributed by atoms with Gasteiger partial charge in [-0.05, 0) is 79.5 Å². The largest absolute Gasteiger partial charge is 0.494 e. The Labute approximate surface area is 220 Å². The third-order valence-electron chi connectivity index (χ3n) is 7.73. The number of carbonyl (C=O) groups excluding carboxylic acids is 1. The molecule has 0 heterocycles. The van der Waals surface area contributed by atoms with Gasteiger partial charge >= 0.3 is 5.97 Å². The molecule has 0 saturated heterocycles. The van der Waals surface area contributed by atoms with Crippen LogP contribution in [0.5, 0.6) is 11.5 Å². The van der Waals surface area contributed by atoms with E-state index in [1.165, 1.54) is 89.0 Å². The van der Waals surface area contributed by atoms with Gasteiger partial charge in [0, 0.05) is 0 Å². The Morgan fingerprint density at radius 3 is 1.97 bits per heavy atom. The van der Waals surface area contributed by atoms with Crippen molar-refractivity contribution in [2.45, 2.75) is 110 Å². The van der Waals surface area contributed by atoms with Gasteiger partial charge in [-0.15, -0.1) is 0 Å². The Bertz CT molecular complexity index is 848. The first-order valence-corrected chi connectivity index (χ1v) is 14.7. The minimum atomic E-state index is -0.330. The maximum atomic E-state index is 12.5. The van der Waals surface area contributed by atoms with Gasteiger partial charge in [0.1, 0.15) is 11.5 Å². The van der Waals surface area contributed by atoms with Crippen LogP contribution in [-0.2, 0) is 6.42 Å². The van der Waals surface area contributed by atoms with E-state index in [0.717, 1.165) is 37.0 Å². The first kappa shape index (κ1) is 28.3. The van der Waals surface area contributed by atoms with Crippen LogP contribution in [0.4, 0.5) is 0 Å². The highest BCUT2D eigenvalue weighted by Gasteiger charge is 2.20. The molecule has 0 aromatic heterocycles. The Balaban J connectivity index is 1.31. The van der Waals surface area contributed by atoms with E-state index in [1.54, 1.807) is 12.1 Å². The van der Waals surface area contributed by atoms with Crippen molar-refractivity contribution in [2.75, 3.05) is 6.61 Å². The summed E-state index contributed by atoms with van der Waals surface area (Å²) >= 11 is 0. The summed E-state index contributed by atoms with van der Waals surface area (Å²) in [6.07, 6.45) is 19.6. The summed E-state index contributed by atoms with van der Waals surface area (Å²) < 4.78 is 11.5. The van der Waals surface area contributed by atoms with E-state index in [2.05, 4.69) is 26.0 Å². The monoisotopic (exact) mass is 492 g/mol. The van der Waals surface area contributed by atoms with E-state index >= 15 is 0 Å². The number of aryl methyl sites for hydroxylation is 1. The Kier molecular flexibility index (Phi) is 12.9. The topological polar surface area (TPSA) is 35.5 Å². The third-order valence-corrected chi connectivity index (χ3v) is 7.73. The fraction of sp³-hybridized carbons (Fsp3) is 0.606. The molecule has 1 aliphatic carbocycles. The molecule has 0 N–H and O–H groups in total. The van der Waals surface area contributed by atoms with E-state index in [1.807, 2.05) is 24.3 Å². The maximum Gasteiger partial charge on any atom is 0.343 e. The number of hydrogen-bond donors (Lipinski definition) is 0. The van der Waals surface area contributed by atoms with Crippen LogP contribution in [-0.4, -0.2) is 12.6 Å². The second-order valence-electron chi connectivity index (χ2n) is 10.7. The lowest BCUT2D eigenvalue weighted by molar-refractivity contribution is 0.0734. The fourth-order valence-corrected chi connectivity index (χ4v) is 5.47. The molecule has 3 nitrogen and oxygen atoms in total. The smallest absolute Gasteiger partial charge is 0.343 e. The molecule has 0 radical (unpaired) electrons. The molecule has 198 valence electrons. The molecule has 1 fully saturated rings. The van der Waals surface area contributed by atoms with Crippen molar-refractivity contribution in [3.8, 4) is 11.5 Å². The van der Waals surface area contributed by atoms with Crippen molar-refractivity contribution < 1.29 is 14.3 Å². The lowest BCUT2D eigenvalue weighted by atomic mass is 9.78.